The Hall–Kier alpha value is -1.93. The van der Waals surface area contributed by atoms with Gasteiger partial charge in [0, 0.05) is 17.8 Å². The van der Waals surface area contributed by atoms with Crippen molar-refractivity contribution in [1.82, 2.24) is 0 Å². The van der Waals surface area contributed by atoms with Crippen molar-refractivity contribution in [2.45, 2.75) is 13.5 Å². The molecule has 0 aliphatic carbocycles. The van der Waals surface area contributed by atoms with E-state index in [1.54, 1.807) is 25.1 Å². The Morgan fingerprint density at radius 3 is 2.60 bits per heavy atom. The van der Waals surface area contributed by atoms with E-state index in [9.17, 15) is 8.78 Å². The van der Waals surface area contributed by atoms with Gasteiger partial charge in [0.1, 0.15) is 11.6 Å². The number of hydrogen-bond donors (Lipinski definition) is 1. The monoisotopic (exact) mass is 336 g/mol. The van der Waals surface area contributed by atoms with Crippen LogP contribution in [0, 0.1) is 29.9 Å². The standard InChI is InChI=1S/C15H11BrF2N2/c1-9-13(17)5-11(7-19)6-15(9)20-8-10-2-3-12(16)14(18)4-10/h2-6,20H,8H2,1H3. The lowest BCUT2D eigenvalue weighted by Gasteiger charge is -2.11. The molecule has 0 saturated heterocycles. The maximum Gasteiger partial charge on any atom is 0.137 e. The maximum atomic E-state index is 13.6. The zero-order valence-corrected chi connectivity index (χ0v) is 12.3. The molecule has 2 aromatic rings. The van der Waals surface area contributed by atoms with Gasteiger partial charge < -0.3 is 5.32 Å². The predicted octanol–water partition coefficient (Wildman–Crippen LogP) is 4.52. The van der Waals surface area contributed by atoms with Gasteiger partial charge >= 0.3 is 0 Å². The van der Waals surface area contributed by atoms with Crippen LogP contribution in [0.1, 0.15) is 16.7 Å². The van der Waals surface area contributed by atoms with Crippen LogP contribution in [0.2, 0.25) is 0 Å². The summed E-state index contributed by atoms with van der Waals surface area (Å²) in [4.78, 5) is 0. The smallest absolute Gasteiger partial charge is 0.137 e. The summed E-state index contributed by atoms with van der Waals surface area (Å²) in [5, 5.41) is 11.8. The van der Waals surface area contributed by atoms with E-state index in [-0.39, 0.29) is 11.4 Å². The fourth-order valence-corrected chi connectivity index (χ4v) is 2.02. The minimum absolute atomic E-state index is 0.248. The summed E-state index contributed by atoms with van der Waals surface area (Å²) < 4.78 is 27.4. The molecule has 0 fully saturated rings. The van der Waals surface area contributed by atoms with E-state index in [0.717, 1.165) is 5.56 Å². The fourth-order valence-electron chi connectivity index (χ4n) is 1.77. The van der Waals surface area contributed by atoms with Gasteiger partial charge in [-0.15, -0.1) is 0 Å². The molecule has 1 N–H and O–H groups in total. The Morgan fingerprint density at radius 2 is 1.95 bits per heavy atom. The molecule has 0 bridgehead atoms. The SMILES string of the molecule is Cc1c(F)cc(C#N)cc1NCc1ccc(Br)c(F)c1. The molecule has 2 rings (SSSR count). The molecule has 2 aromatic carbocycles. The number of benzene rings is 2. The molecular weight excluding hydrogens is 326 g/mol. The summed E-state index contributed by atoms with van der Waals surface area (Å²) in [7, 11) is 0. The van der Waals surface area contributed by atoms with Crippen molar-refractivity contribution in [3.63, 3.8) is 0 Å². The van der Waals surface area contributed by atoms with Crippen LogP contribution in [-0.4, -0.2) is 0 Å². The van der Waals surface area contributed by atoms with Gasteiger partial charge in [-0.25, -0.2) is 8.78 Å². The Bertz CT molecular complexity index is 693. The highest BCUT2D eigenvalue weighted by atomic mass is 79.9. The molecule has 0 saturated carbocycles. The van der Waals surface area contributed by atoms with Crippen LogP contribution in [0.4, 0.5) is 14.5 Å². The minimum Gasteiger partial charge on any atom is -0.381 e. The lowest BCUT2D eigenvalue weighted by molar-refractivity contribution is 0.617. The molecule has 0 radical (unpaired) electrons. The van der Waals surface area contributed by atoms with E-state index < -0.39 is 5.82 Å². The molecule has 20 heavy (non-hydrogen) atoms. The van der Waals surface area contributed by atoms with E-state index in [4.69, 9.17) is 5.26 Å². The fraction of sp³-hybridized carbons (Fsp3) is 0.133. The minimum atomic E-state index is -0.437. The molecule has 5 heteroatoms. The summed E-state index contributed by atoms with van der Waals surface area (Å²) in [6.07, 6.45) is 0. The first kappa shape index (κ1) is 14.5. The van der Waals surface area contributed by atoms with Gasteiger partial charge in [0.05, 0.1) is 16.1 Å². The van der Waals surface area contributed by atoms with E-state index in [1.807, 2.05) is 6.07 Å². The van der Waals surface area contributed by atoms with Crippen molar-refractivity contribution in [1.29, 1.82) is 5.26 Å². The van der Waals surface area contributed by atoms with E-state index in [0.29, 0.717) is 22.3 Å². The van der Waals surface area contributed by atoms with Gasteiger partial charge in [-0.2, -0.15) is 5.26 Å². The van der Waals surface area contributed by atoms with Crippen LogP contribution in [0.25, 0.3) is 0 Å². The molecule has 0 aromatic heterocycles. The number of halogens is 3. The van der Waals surface area contributed by atoms with Crippen molar-refractivity contribution in [3.05, 3.63) is 63.1 Å². The summed E-state index contributed by atoms with van der Waals surface area (Å²) >= 11 is 3.08. The van der Waals surface area contributed by atoms with Crippen LogP contribution in [0.15, 0.2) is 34.8 Å². The number of hydrogen-bond acceptors (Lipinski definition) is 2. The number of nitrogens with zero attached hydrogens (tertiary/aromatic N) is 1. The summed E-state index contributed by atoms with van der Waals surface area (Å²) in [5.74, 6) is -0.786. The molecule has 0 aliphatic rings. The summed E-state index contributed by atoms with van der Waals surface area (Å²) in [5.41, 5.74) is 1.94. The molecule has 0 spiro atoms. The Balaban J connectivity index is 2.20. The number of anilines is 1. The number of nitriles is 1. The first-order chi connectivity index (χ1) is 9.51. The van der Waals surface area contributed by atoms with Gasteiger partial charge in [0.2, 0.25) is 0 Å². The normalized spacial score (nSPS) is 10.2. The van der Waals surface area contributed by atoms with Crippen molar-refractivity contribution in [3.8, 4) is 6.07 Å². The molecular formula is C15H11BrF2N2. The predicted molar refractivity (Wildman–Crippen MR) is 77.3 cm³/mol. The first-order valence-corrected chi connectivity index (χ1v) is 6.68. The van der Waals surface area contributed by atoms with Crippen molar-refractivity contribution in [2.75, 3.05) is 5.32 Å². The van der Waals surface area contributed by atoms with Crippen molar-refractivity contribution < 1.29 is 8.78 Å². The van der Waals surface area contributed by atoms with E-state index in [2.05, 4.69) is 21.2 Å². The third-order valence-electron chi connectivity index (χ3n) is 2.94. The van der Waals surface area contributed by atoms with Crippen molar-refractivity contribution in [2.24, 2.45) is 0 Å². The third-order valence-corrected chi connectivity index (χ3v) is 3.58. The van der Waals surface area contributed by atoms with Crippen LogP contribution in [-0.2, 0) is 6.54 Å². The largest absolute Gasteiger partial charge is 0.381 e. The topological polar surface area (TPSA) is 35.8 Å². The molecule has 0 heterocycles. The van der Waals surface area contributed by atoms with Crippen LogP contribution in [0.5, 0.6) is 0 Å². The summed E-state index contributed by atoms with van der Waals surface area (Å²) in [6.45, 7) is 1.97. The second kappa shape index (κ2) is 6.02. The average Bonchev–Trinajstić information content (AvgIpc) is 2.44. The van der Waals surface area contributed by atoms with E-state index in [1.165, 1.54) is 12.1 Å². The second-order valence-electron chi connectivity index (χ2n) is 4.34. The van der Waals surface area contributed by atoms with Crippen LogP contribution < -0.4 is 5.32 Å². The highest BCUT2D eigenvalue weighted by molar-refractivity contribution is 9.10. The maximum absolute atomic E-state index is 13.6. The zero-order chi connectivity index (χ0) is 14.7. The second-order valence-corrected chi connectivity index (χ2v) is 5.20. The zero-order valence-electron chi connectivity index (χ0n) is 10.7. The van der Waals surface area contributed by atoms with Gasteiger partial charge in [0.15, 0.2) is 0 Å². The van der Waals surface area contributed by atoms with Gasteiger partial charge in [-0.1, -0.05) is 6.07 Å². The highest BCUT2D eigenvalue weighted by Gasteiger charge is 2.07. The molecule has 0 amide bonds. The van der Waals surface area contributed by atoms with Crippen molar-refractivity contribution >= 4 is 21.6 Å². The molecule has 0 unspecified atom stereocenters. The Kier molecular flexibility index (Phi) is 4.35. The molecule has 0 aliphatic heterocycles. The first-order valence-electron chi connectivity index (χ1n) is 5.89. The van der Waals surface area contributed by atoms with Gasteiger partial charge in [0.25, 0.3) is 0 Å². The average molecular weight is 337 g/mol. The van der Waals surface area contributed by atoms with Crippen LogP contribution >= 0.6 is 15.9 Å². The Morgan fingerprint density at radius 1 is 1.20 bits per heavy atom. The molecule has 102 valence electrons. The van der Waals surface area contributed by atoms with E-state index >= 15 is 0 Å². The Labute approximate surface area is 124 Å². The third kappa shape index (κ3) is 3.14. The molecule has 0 atom stereocenters. The van der Waals surface area contributed by atoms with Gasteiger partial charge in [-0.3, -0.25) is 0 Å². The number of rotatable bonds is 3. The number of nitrogens with one attached hydrogen (secondary N) is 1. The quantitative estimate of drug-likeness (QED) is 0.894. The highest BCUT2D eigenvalue weighted by Crippen LogP contribution is 2.22. The lowest BCUT2D eigenvalue weighted by Crippen LogP contribution is -2.03. The van der Waals surface area contributed by atoms with Crippen LogP contribution in [0.3, 0.4) is 0 Å². The molecule has 2 nitrogen and oxygen atoms in total. The summed E-state index contributed by atoms with van der Waals surface area (Å²) in [6, 6.07) is 9.46. The lowest BCUT2D eigenvalue weighted by atomic mass is 10.1. The van der Waals surface area contributed by atoms with Gasteiger partial charge in [-0.05, 0) is 52.7 Å².